The molecule has 1 N–H and O–H groups in total. The molecule has 4 nitrogen and oxygen atoms in total. The van der Waals surface area contributed by atoms with Gasteiger partial charge in [0.25, 0.3) is 0 Å². The first-order chi connectivity index (χ1) is 16.0. The van der Waals surface area contributed by atoms with E-state index in [1.807, 2.05) is 11.8 Å². The Balaban J connectivity index is 1.73. The summed E-state index contributed by atoms with van der Waals surface area (Å²) in [7, 11) is 0. The first-order valence-corrected chi connectivity index (χ1v) is 12.7. The topological polar surface area (TPSA) is 49.4 Å². The van der Waals surface area contributed by atoms with E-state index < -0.39 is 6.04 Å². The summed E-state index contributed by atoms with van der Waals surface area (Å²) in [5.74, 6) is 0.0398. The van der Waals surface area contributed by atoms with Crippen LogP contribution in [0.4, 0.5) is 0 Å². The SMILES string of the molecule is CCc1ccc(CCC(=O)N(Cc2ccc(C)cc2)[C@@H](CC)C(=O)NC2CCCCC2)cc1. The van der Waals surface area contributed by atoms with Crippen molar-refractivity contribution in [3.05, 3.63) is 70.8 Å². The zero-order chi connectivity index (χ0) is 23.6. The molecule has 0 aromatic heterocycles. The summed E-state index contributed by atoms with van der Waals surface area (Å²) in [4.78, 5) is 28.5. The monoisotopic (exact) mass is 448 g/mol. The van der Waals surface area contributed by atoms with Crippen LogP contribution in [0.2, 0.25) is 0 Å². The van der Waals surface area contributed by atoms with Gasteiger partial charge in [0.1, 0.15) is 6.04 Å². The van der Waals surface area contributed by atoms with Crippen LogP contribution in [0.3, 0.4) is 0 Å². The molecule has 0 unspecified atom stereocenters. The quantitative estimate of drug-likeness (QED) is 0.503. The minimum atomic E-state index is -0.441. The Bertz CT molecular complexity index is 883. The molecule has 1 aliphatic rings. The van der Waals surface area contributed by atoms with Crippen LogP contribution < -0.4 is 5.32 Å². The first kappa shape index (κ1) is 25.0. The van der Waals surface area contributed by atoms with E-state index in [1.165, 1.54) is 30.4 Å². The minimum Gasteiger partial charge on any atom is -0.352 e. The van der Waals surface area contributed by atoms with Crippen LogP contribution in [0.5, 0.6) is 0 Å². The Hall–Kier alpha value is -2.62. The van der Waals surface area contributed by atoms with Crippen LogP contribution in [0.25, 0.3) is 0 Å². The van der Waals surface area contributed by atoms with Gasteiger partial charge in [-0.1, -0.05) is 87.2 Å². The van der Waals surface area contributed by atoms with Crippen molar-refractivity contribution in [2.75, 3.05) is 0 Å². The van der Waals surface area contributed by atoms with E-state index in [4.69, 9.17) is 0 Å². The number of benzene rings is 2. The molecule has 1 aliphatic carbocycles. The van der Waals surface area contributed by atoms with Crippen LogP contribution in [0.15, 0.2) is 48.5 Å². The van der Waals surface area contributed by atoms with Gasteiger partial charge in [0.15, 0.2) is 0 Å². The number of rotatable bonds is 10. The number of carbonyl (C=O) groups is 2. The molecule has 1 saturated carbocycles. The predicted molar refractivity (Wildman–Crippen MR) is 135 cm³/mol. The molecule has 4 heteroatoms. The van der Waals surface area contributed by atoms with E-state index in [9.17, 15) is 9.59 Å². The van der Waals surface area contributed by atoms with E-state index in [0.29, 0.717) is 25.8 Å². The van der Waals surface area contributed by atoms with E-state index >= 15 is 0 Å². The summed E-state index contributed by atoms with van der Waals surface area (Å²) in [5, 5.41) is 3.25. The highest BCUT2D eigenvalue weighted by Gasteiger charge is 2.30. The third-order valence-electron chi connectivity index (χ3n) is 6.87. The second-order valence-electron chi connectivity index (χ2n) is 9.44. The number of nitrogens with zero attached hydrogens (tertiary/aromatic N) is 1. The molecule has 1 fully saturated rings. The van der Waals surface area contributed by atoms with Gasteiger partial charge in [-0.3, -0.25) is 9.59 Å². The van der Waals surface area contributed by atoms with E-state index in [2.05, 4.69) is 67.7 Å². The third-order valence-corrected chi connectivity index (χ3v) is 6.87. The van der Waals surface area contributed by atoms with Crippen LogP contribution in [0, 0.1) is 6.92 Å². The molecule has 0 saturated heterocycles. The van der Waals surface area contributed by atoms with Gasteiger partial charge < -0.3 is 10.2 Å². The Morgan fingerprint density at radius 2 is 1.52 bits per heavy atom. The zero-order valence-electron chi connectivity index (χ0n) is 20.6. The lowest BCUT2D eigenvalue weighted by atomic mass is 9.95. The van der Waals surface area contributed by atoms with E-state index in [-0.39, 0.29) is 17.9 Å². The summed E-state index contributed by atoms with van der Waals surface area (Å²) in [6, 6.07) is 16.6. The van der Waals surface area contributed by atoms with Gasteiger partial charge in [-0.15, -0.1) is 0 Å². The number of carbonyl (C=O) groups excluding carboxylic acids is 2. The van der Waals surface area contributed by atoms with Crippen molar-refractivity contribution >= 4 is 11.8 Å². The largest absolute Gasteiger partial charge is 0.352 e. The van der Waals surface area contributed by atoms with Gasteiger partial charge in [-0.05, 0) is 55.7 Å². The lowest BCUT2D eigenvalue weighted by Crippen LogP contribution is -2.51. The fourth-order valence-corrected chi connectivity index (χ4v) is 4.69. The van der Waals surface area contributed by atoms with Crippen LogP contribution in [-0.2, 0) is 29.0 Å². The van der Waals surface area contributed by atoms with Crippen molar-refractivity contribution in [2.45, 2.75) is 97.2 Å². The summed E-state index contributed by atoms with van der Waals surface area (Å²) in [6.07, 6.45) is 8.40. The Morgan fingerprint density at radius 1 is 0.909 bits per heavy atom. The smallest absolute Gasteiger partial charge is 0.243 e. The van der Waals surface area contributed by atoms with E-state index in [1.54, 1.807) is 0 Å². The number of hydrogen-bond donors (Lipinski definition) is 1. The lowest BCUT2D eigenvalue weighted by Gasteiger charge is -2.33. The van der Waals surface area contributed by atoms with Gasteiger partial charge in [0.05, 0.1) is 0 Å². The maximum absolute atomic E-state index is 13.5. The maximum Gasteiger partial charge on any atom is 0.243 e. The summed E-state index contributed by atoms with van der Waals surface area (Å²) < 4.78 is 0. The fraction of sp³-hybridized carbons (Fsp3) is 0.517. The Kier molecular flexibility index (Phi) is 9.53. The van der Waals surface area contributed by atoms with Gasteiger partial charge in [-0.25, -0.2) is 0 Å². The summed E-state index contributed by atoms with van der Waals surface area (Å²) >= 11 is 0. The molecule has 0 radical (unpaired) electrons. The predicted octanol–water partition coefficient (Wildman–Crippen LogP) is 5.75. The average Bonchev–Trinajstić information content (AvgIpc) is 2.84. The summed E-state index contributed by atoms with van der Waals surface area (Å²) in [5.41, 5.74) is 4.71. The number of nitrogens with one attached hydrogen (secondary N) is 1. The Labute approximate surface area is 199 Å². The molecule has 0 spiro atoms. The first-order valence-electron chi connectivity index (χ1n) is 12.7. The molecule has 2 aromatic carbocycles. The van der Waals surface area contributed by atoms with Gasteiger partial charge >= 0.3 is 0 Å². The highest BCUT2D eigenvalue weighted by atomic mass is 16.2. The molecule has 0 aliphatic heterocycles. The number of amides is 2. The fourth-order valence-electron chi connectivity index (χ4n) is 4.69. The van der Waals surface area contributed by atoms with Crippen LogP contribution in [-0.4, -0.2) is 28.8 Å². The molecule has 33 heavy (non-hydrogen) atoms. The second kappa shape index (κ2) is 12.6. The molecule has 0 heterocycles. The van der Waals surface area contributed by atoms with Crippen molar-refractivity contribution in [2.24, 2.45) is 0 Å². The average molecular weight is 449 g/mol. The zero-order valence-corrected chi connectivity index (χ0v) is 20.6. The van der Waals surface area contributed by atoms with Crippen molar-refractivity contribution in [3.63, 3.8) is 0 Å². The Morgan fingerprint density at radius 3 is 2.12 bits per heavy atom. The van der Waals surface area contributed by atoms with Crippen molar-refractivity contribution in [1.82, 2.24) is 10.2 Å². The molecule has 2 amide bonds. The van der Waals surface area contributed by atoms with Gasteiger partial charge in [0, 0.05) is 19.0 Å². The molecular weight excluding hydrogens is 408 g/mol. The molecule has 1 atom stereocenters. The molecule has 0 bridgehead atoms. The molecular formula is C29H40N2O2. The standard InChI is InChI=1S/C29H40N2O2/c1-4-23-15-17-24(18-16-23)19-20-28(32)31(21-25-13-11-22(3)12-14-25)27(5-2)29(33)30-26-9-7-6-8-10-26/h11-18,26-27H,4-10,19-21H2,1-3H3,(H,30,33)/t27-/m0/s1. The second-order valence-corrected chi connectivity index (χ2v) is 9.44. The van der Waals surface area contributed by atoms with Crippen molar-refractivity contribution in [1.29, 1.82) is 0 Å². The van der Waals surface area contributed by atoms with Crippen molar-refractivity contribution < 1.29 is 9.59 Å². The van der Waals surface area contributed by atoms with Crippen LogP contribution in [0.1, 0.15) is 81.0 Å². The van der Waals surface area contributed by atoms with Crippen LogP contribution >= 0.6 is 0 Å². The van der Waals surface area contributed by atoms with Gasteiger partial charge in [-0.2, -0.15) is 0 Å². The maximum atomic E-state index is 13.5. The van der Waals surface area contributed by atoms with Gasteiger partial charge in [0.2, 0.25) is 11.8 Å². The summed E-state index contributed by atoms with van der Waals surface area (Å²) in [6.45, 7) is 6.67. The highest BCUT2D eigenvalue weighted by molar-refractivity contribution is 5.88. The third kappa shape index (κ3) is 7.45. The molecule has 178 valence electrons. The molecule has 3 rings (SSSR count). The van der Waals surface area contributed by atoms with E-state index in [0.717, 1.165) is 30.4 Å². The lowest BCUT2D eigenvalue weighted by molar-refractivity contribution is -0.141. The minimum absolute atomic E-state index is 0.00263. The highest BCUT2D eigenvalue weighted by Crippen LogP contribution is 2.20. The van der Waals surface area contributed by atoms with Crippen molar-refractivity contribution in [3.8, 4) is 0 Å². The normalized spacial score (nSPS) is 15.1. The number of aryl methyl sites for hydroxylation is 3. The number of hydrogen-bond acceptors (Lipinski definition) is 2. The molecule has 2 aromatic rings.